The molecule has 1 N–H and O–H groups in total. The van der Waals surface area contributed by atoms with Crippen LogP contribution in [0, 0.1) is 6.92 Å². The van der Waals surface area contributed by atoms with Crippen molar-refractivity contribution in [2.75, 3.05) is 0 Å². The van der Waals surface area contributed by atoms with E-state index in [0.29, 0.717) is 34.6 Å². The topological polar surface area (TPSA) is 76.7 Å². The zero-order chi connectivity index (χ0) is 18.8. The van der Waals surface area contributed by atoms with Crippen LogP contribution in [0.25, 0.3) is 11.0 Å². The molecule has 2 aromatic carbocycles. The summed E-state index contributed by atoms with van der Waals surface area (Å²) in [6.45, 7) is 5.22. The summed E-state index contributed by atoms with van der Waals surface area (Å²) in [5, 5.41) is 9.75. The summed E-state index contributed by atoms with van der Waals surface area (Å²) in [6.07, 6.45) is -0.341. The van der Waals surface area contributed by atoms with Crippen molar-refractivity contribution >= 4 is 22.7 Å². The van der Waals surface area contributed by atoms with Gasteiger partial charge in [0.25, 0.3) is 0 Å². The number of para-hydroxylation sites is 1. The summed E-state index contributed by atoms with van der Waals surface area (Å²) < 4.78 is 11.2. The summed E-state index contributed by atoms with van der Waals surface area (Å²) in [6, 6.07) is 12.5. The Hall–Kier alpha value is -3.08. The Morgan fingerprint density at radius 1 is 1.19 bits per heavy atom. The Kier molecular flexibility index (Phi) is 4.80. The minimum atomic E-state index is -1.04. The van der Waals surface area contributed by atoms with Crippen LogP contribution >= 0.6 is 0 Å². The van der Waals surface area contributed by atoms with E-state index in [0.717, 1.165) is 10.9 Å². The average molecular weight is 352 g/mol. The summed E-state index contributed by atoms with van der Waals surface area (Å²) in [5.41, 5.74) is 2.54. The first-order chi connectivity index (χ1) is 12.4. The average Bonchev–Trinajstić information content (AvgIpc) is 2.99. The van der Waals surface area contributed by atoms with Crippen molar-refractivity contribution in [1.82, 2.24) is 0 Å². The van der Waals surface area contributed by atoms with Crippen LogP contribution in [-0.2, 0) is 11.2 Å². The van der Waals surface area contributed by atoms with Gasteiger partial charge in [-0.3, -0.25) is 4.79 Å². The molecule has 0 aliphatic carbocycles. The van der Waals surface area contributed by atoms with Crippen LogP contribution in [-0.4, -0.2) is 23.0 Å². The molecule has 0 saturated carbocycles. The highest BCUT2D eigenvalue weighted by Crippen LogP contribution is 2.30. The maximum absolute atomic E-state index is 13.2. The van der Waals surface area contributed by atoms with Gasteiger partial charge < -0.3 is 14.3 Å². The van der Waals surface area contributed by atoms with E-state index in [9.17, 15) is 9.59 Å². The molecule has 0 radical (unpaired) electrons. The quantitative estimate of drug-likeness (QED) is 0.666. The number of carbonyl (C=O) groups is 2. The number of hydrogen-bond acceptors (Lipinski definition) is 4. The molecule has 0 fully saturated rings. The third-order valence-corrected chi connectivity index (χ3v) is 4.32. The molecule has 26 heavy (non-hydrogen) atoms. The van der Waals surface area contributed by atoms with E-state index in [1.165, 1.54) is 6.92 Å². The molecular formula is C21H20O5. The minimum Gasteiger partial charge on any atom is -0.479 e. The summed E-state index contributed by atoms with van der Waals surface area (Å²) >= 11 is 0. The van der Waals surface area contributed by atoms with Gasteiger partial charge in [-0.05, 0) is 43.7 Å². The van der Waals surface area contributed by atoms with Crippen LogP contribution in [0.4, 0.5) is 0 Å². The highest BCUT2D eigenvalue weighted by molar-refractivity contribution is 6.17. The lowest BCUT2D eigenvalue weighted by Crippen LogP contribution is -2.23. The zero-order valence-corrected chi connectivity index (χ0v) is 14.9. The molecule has 1 atom stereocenters. The number of aryl methyl sites for hydroxylation is 2. The number of carboxylic acids is 1. The molecule has 0 amide bonds. The molecule has 3 rings (SSSR count). The fourth-order valence-electron chi connectivity index (χ4n) is 2.95. The van der Waals surface area contributed by atoms with E-state index in [-0.39, 0.29) is 5.78 Å². The Labute approximate surface area is 151 Å². The van der Waals surface area contributed by atoms with Crippen molar-refractivity contribution in [3.05, 3.63) is 64.9 Å². The molecule has 5 nitrogen and oxygen atoms in total. The predicted octanol–water partition coefficient (Wildman–Crippen LogP) is 4.39. The molecule has 1 aromatic heterocycles. The molecule has 0 aliphatic heterocycles. The van der Waals surface area contributed by atoms with E-state index in [2.05, 4.69) is 0 Å². The smallest absolute Gasteiger partial charge is 0.344 e. The number of fused-ring (bicyclic) bond motifs is 1. The zero-order valence-electron chi connectivity index (χ0n) is 14.9. The van der Waals surface area contributed by atoms with Crippen LogP contribution in [0.2, 0.25) is 0 Å². The van der Waals surface area contributed by atoms with Gasteiger partial charge in [0.15, 0.2) is 11.9 Å². The first-order valence-corrected chi connectivity index (χ1v) is 8.47. The first kappa shape index (κ1) is 17.7. The minimum absolute atomic E-state index is 0.109. The predicted molar refractivity (Wildman–Crippen MR) is 97.9 cm³/mol. The molecular weight excluding hydrogens is 332 g/mol. The molecule has 1 unspecified atom stereocenters. The number of carbonyl (C=O) groups excluding carboxylic acids is 1. The molecule has 0 aliphatic rings. The Morgan fingerprint density at radius 2 is 1.92 bits per heavy atom. The molecule has 0 spiro atoms. The lowest BCUT2D eigenvalue weighted by molar-refractivity contribution is -0.144. The Morgan fingerprint density at radius 3 is 2.58 bits per heavy atom. The van der Waals surface area contributed by atoms with E-state index >= 15 is 0 Å². The van der Waals surface area contributed by atoms with Gasteiger partial charge in [0.05, 0.1) is 5.56 Å². The van der Waals surface area contributed by atoms with Crippen LogP contribution in [0.3, 0.4) is 0 Å². The van der Waals surface area contributed by atoms with Crippen LogP contribution in [0.5, 0.6) is 5.75 Å². The normalized spacial score (nSPS) is 12.1. The molecule has 1 heterocycles. The molecule has 0 bridgehead atoms. The lowest BCUT2D eigenvalue weighted by atomic mass is 9.96. The molecule has 0 saturated heterocycles. The SMILES string of the molecule is CCc1oc2ccccc2c1C(=O)c1ccc(OC(C)C(=O)O)cc1C. The van der Waals surface area contributed by atoms with E-state index < -0.39 is 12.1 Å². The van der Waals surface area contributed by atoms with Crippen molar-refractivity contribution in [3.8, 4) is 5.75 Å². The fraction of sp³-hybridized carbons (Fsp3) is 0.238. The van der Waals surface area contributed by atoms with Gasteiger partial charge in [-0.25, -0.2) is 4.79 Å². The van der Waals surface area contributed by atoms with Crippen LogP contribution in [0.1, 0.15) is 41.1 Å². The number of rotatable bonds is 6. The highest BCUT2D eigenvalue weighted by Gasteiger charge is 2.22. The van der Waals surface area contributed by atoms with Crippen molar-refractivity contribution in [2.24, 2.45) is 0 Å². The molecule has 3 aromatic rings. The second-order valence-electron chi connectivity index (χ2n) is 6.15. The number of ketones is 1. The van der Waals surface area contributed by atoms with Gasteiger partial charge in [-0.2, -0.15) is 0 Å². The number of aliphatic carboxylic acids is 1. The maximum atomic E-state index is 13.2. The third kappa shape index (κ3) is 3.20. The van der Waals surface area contributed by atoms with Gasteiger partial charge in [0.2, 0.25) is 0 Å². The van der Waals surface area contributed by atoms with Crippen molar-refractivity contribution in [1.29, 1.82) is 0 Å². The fourth-order valence-corrected chi connectivity index (χ4v) is 2.95. The van der Waals surface area contributed by atoms with E-state index in [1.807, 2.05) is 31.2 Å². The maximum Gasteiger partial charge on any atom is 0.344 e. The molecule has 134 valence electrons. The number of furan rings is 1. The van der Waals surface area contributed by atoms with Gasteiger partial charge >= 0.3 is 5.97 Å². The second kappa shape index (κ2) is 7.04. The standard InChI is InChI=1S/C21H20O5/c1-4-17-19(16-7-5-6-8-18(16)26-17)20(22)15-10-9-14(11-12(15)2)25-13(3)21(23)24/h5-11,13H,4H2,1-3H3,(H,23,24). The number of ether oxygens (including phenoxy) is 1. The van der Waals surface area contributed by atoms with Crippen LogP contribution in [0.15, 0.2) is 46.9 Å². The lowest BCUT2D eigenvalue weighted by Gasteiger charge is -2.12. The van der Waals surface area contributed by atoms with Crippen molar-refractivity contribution in [2.45, 2.75) is 33.3 Å². The third-order valence-electron chi connectivity index (χ3n) is 4.32. The molecule has 5 heteroatoms. The second-order valence-corrected chi connectivity index (χ2v) is 6.15. The van der Waals surface area contributed by atoms with Crippen LogP contribution < -0.4 is 4.74 Å². The highest BCUT2D eigenvalue weighted by atomic mass is 16.5. The number of carboxylic acid groups (broad SMARTS) is 1. The van der Waals surface area contributed by atoms with Crippen molar-refractivity contribution in [3.63, 3.8) is 0 Å². The number of benzene rings is 2. The summed E-state index contributed by atoms with van der Waals surface area (Å²) in [7, 11) is 0. The van der Waals surface area contributed by atoms with Gasteiger partial charge in [0, 0.05) is 17.4 Å². The first-order valence-electron chi connectivity index (χ1n) is 8.47. The summed E-state index contributed by atoms with van der Waals surface area (Å²) in [5.74, 6) is -0.0699. The van der Waals surface area contributed by atoms with Crippen molar-refractivity contribution < 1.29 is 23.8 Å². The van der Waals surface area contributed by atoms with E-state index in [1.54, 1.807) is 25.1 Å². The van der Waals surface area contributed by atoms with E-state index in [4.69, 9.17) is 14.3 Å². The Bertz CT molecular complexity index is 983. The van der Waals surface area contributed by atoms with Gasteiger partial charge in [0.1, 0.15) is 17.1 Å². The summed E-state index contributed by atoms with van der Waals surface area (Å²) in [4.78, 5) is 24.1. The largest absolute Gasteiger partial charge is 0.479 e. The monoisotopic (exact) mass is 352 g/mol. The van der Waals surface area contributed by atoms with Gasteiger partial charge in [-0.1, -0.05) is 25.1 Å². The number of hydrogen-bond donors (Lipinski definition) is 1. The van der Waals surface area contributed by atoms with Gasteiger partial charge in [-0.15, -0.1) is 0 Å². The Balaban J connectivity index is 2.00.